The summed E-state index contributed by atoms with van der Waals surface area (Å²) in [6, 6.07) is 8.63. The summed E-state index contributed by atoms with van der Waals surface area (Å²) in [6.07, 6.45) is 2.07. The van der Waals surface area contributed by atoms with E-state index in [1.54, 1.807) is 19.1 Å². The van der Waals surface area contributed by atoms with Gasteiger partial charge in [-0.15, -0.1) is 0 Å². The summed E-state index contributed by atoms with van der Waals surface area (Å²) in [5.41, 5.74) is 3.22. The number of likely N-dealkylation sites (tertiary alicyclic amines) is 2. The molecule has 0 bridgehead atoms. The van der Waals surface area contributed by atoms with Gasteiger partial charge in [0.15, 0.2) is 5.90 Å². The number of hydrogen-bond acceptors (Lipinski definition) is 5. The Hall–Kier alpha value is -2.38. The van der Waals surface area contributed by atoms with Crippen molar-refractivity contribution in [1.82, 2.24) is 9.80 Å². The van der Waals surface area contributed by atoms with Crippen LogP contribution in [0.4, 0.5) is 4.79 Å². The number of aryl methyl sites for hydroxylation is 1. The first kappa shape index (κ1) is 23.3. The van der Waals surface area contributed by atoms with Crippen molar-refractivity contribution in [3.05, 3.63) is 47.7 Å². The van der Waals surface area contributed by atoms with Crippen LogP contribution in [0.25, 0.3) is 0 Å². The van der Waals surface area contributed by atoms with E-state index in [1.165, 1.54) is 11.1 Å². The molecule has 0 saturated carbocycles. The average Bonchev–Trinajstić information content (AvgIpc) is 2.78. The second-order valence-corrected chi connectivity index (χ2v) is 8.43. The van der Waals surface area contributed by atoms with Crippen molar-refractivity contribution in [2.75, 3.05) is 47.0 Å². The second kappa shape index (κ2) is 10.8. The molecule has 7 nitrogen and oxygen atoms in total. The molecule has 3 rings (SSSR count). The van der Waals surface area contributed by atoms with Gasteiger partial charge in [0.2, 0.25) is 0 Å². The number of β-amino-alcohol motifs (C(OH)–C–C–N with tert-alkyl or cyclic N) is 1. The molecule has 2 saturated heterocycles. The predicted molar refractivity (Wildman–Crippen MR) is 121 cm³/mol. The Morgan fingerprint density at radius 1 is 1.16 bits per heavy atom. The Balaban J connectivity index is 1.81. The number of nitrogens with zero attached hydrogens (tertiary/aromatic N) is 3. The summed E-state index contributed by atoms with van der Waals surface area (Å²) in [6.45, 7) is 8.70. The molecule has 0 aromatic heterocycles. The maximum Gasteiger partial charge on any atom is 0.320 e. The van der Waals surface area contributed by atoms with Gasteiger partial charge >= 0.3 is 6.03 Å². The molecule has 0 spiro atoms. The zero-order valence-corrected chi connectivity index (χ0v) is 18.9. The smallest absolute Gasteiger partial charge is 0.320 e. The van der Waals surface area contributed by atoms with Gasteiger partial charge in [-0.25, -0.2) is 9.79 Å². The van der Waals surface area contributed by atoms with Crippen molar-refractivity contribution in [3.63, 3.8) is 0 Å². The van der Waals surface area contributed by atoms with E-state index in [-0.39, 0.29) is 17.9 Å². The maximum absolute atomic E-state index is 13.0. The number of carbonyl (C=O) groups is 1. The lowest BCUT2D eigenvalue weighted by atomic mass is 9.84. The fraction of sp³-hybridized carbons (Fsp3) is 0.583. The van der Waals surface area contributed by atoms with E-state index in [0.29, 0.717) is 50.8 Å². The number of aliphatic hydroxyl groups excluding tert-OH is 1. The molecule has 170 valence electrons. The summed E-state index contributed by atoms with van der Waals surface area (Å²) < 4.78 is 10.8. The Kier molecular flexibility index (Phi) is 8.09. The lowest BCUT2D eigenvalue weighted by Gasteiger charge is -2.44. The predicted octanol–water partition coefficient (Wildman–Crippen LogP) is 3.05. The SMILES string of the molecule is C=C(CCOC)N=C(OC)C1CC(c2ccc(CC)cc2)CN(C(=O)N2CC(O)C2)C1. The molecule has 2 fully saturated rings. The molecule has 2 amide bonds. The van der Waals surface area contributed by atoms with Crippen LogP contribution in [-0.4, -0.2) is 79.9 Å². The first-order chi connectivity index (χ1) is 14.9. The number of carbonyl (C=O) groups excluding carboxylic acids is 1. The lowest BCUT2D eigenvalue weighted by Crippen LogP contribution is -2.59. The second-order valence-electron chi connectivity index (χ2n) is 8.43. The number of ether oxygens (including phenoxy) is 2. The highest BCUT2D eigenvalue weighted by molar-refractivity contribution is 5.82. The minimum absolute atomic E-state index is 0.0240. The fourth-order valence-electron chi connectivity index (χ4n) is 4.25. The molecule has 0 radical (unpaired) electrons. The van der Waals surface area contributed by atoms with E-state index < -0.39 is 6.10 Å². The van der Waals surface area contributed by atoms with Gasteiger partial charge in [0.1, 0.15) is 0 Å². The van der Waals surface area contributed by atoms with Crippen LogP contribution < -0.4 is 0 Å². The Bertz CT molecular complexity index is 787. The third-order valence-corrected chi connectivity index (χ3v) is 6.13. The standard InChI is InChI=1S/C24H35N3O4/c1-5-18-6-8-19(9-7-18)20-12-21(23(31-4)25-17(2)10-11-30-3)14-26(13-20)24(29)27-15-22(28)16-27/h6-9,20-22,28H,2,5,10-16H2,1,3-4H3. The number of methoxy groups -OCH3 is 2. The molecular weight excluding hydrogens is 394 g/mol. The van der Waals surface area contributed by atoms with E-state index in [9.17, 15) is 9.90 Å². The molecule has 2 aliphatic heterocycles. The quantitative estimate of drug-likeness (QED) is 0.534. The van der Waals surface area contributed by atoms with Crippen molar-refractivity contribution in [3.8, 4) is 0 Å². The first-order valence-electron chi connectivity index (χ1n) is 11.0. The number of urea groups is 1. The van der Waals surface area contributed by atoms with Crippen LogP contribution in [0, 0.1) is 5.92 Å². The number of amides is 2. The molecule has 1 aromatic rings. The van der Waals surface area contributed by atoms with Gasteiger partial charge in [0.05, 0.1) is 38.8 Å². The number of aliphatic hydroxyl groups is 1. The number of aliphatic imine (C=N–C) groups is 1. The molecule has 0 aliphatic carbocycles. The Morgan fingerprint density at radius 3 is 2.42 bits per heavy atom. The highest BCUT2D eigenvalue weighted by Gasteiger charge is 2.38. The van der Waals surface area contributed by atoms with Crippen LogP contribution >= 0.6 is 0 Å². The van der Waals surface area contributed by atoms with E-state index in [1.807, 2.05) is 4.90 Å². The van der Waals surface area contributed by atoms with Crippen LogP contribution in [0.15, 0.2) is 41.5 Å². The van der Waals surface area contributed by atoms with Crippen molar-refractivity contribution >= 4 is 11.9 Å². The molecule has 2 aliphatic rings. The van der Waals surface area contributed by atoms with E-state index in [4.69, 9.17) is 9.47 Å². The average molecular weight is 430 g/mol. The molecule has 7 heteroatoms. The number of piperidine rings is 1. The molecule has 2 heterocycles. The molecule has 1 N–H and O–H groups in total. The zero-order chi connectivity index (χ0) is 22.4. The highest BCUT2D eigenvalue weighted by Crippen LogP contribution is 2.33. The van der Waals surface area contributed by atoms with E-state index in [2.05, 4.69) is 42.8 Å². The topological polar surface area (TPSA) is 74.6 Å². The van der Waals surface area contributed by atoms with Crippen LogP contribution in [0.2, 0.25) is 0 Å². The summed E-state index contributed by atoms with van der Waals surface area (Å²) in [7, 11) is 3.28. The normalized spacial score (nSPS) is 22.3. The monoisotopic (exact) mass is 429 g/mol. The number of rotatable bonds is 7. The summed E-state index contributed by atoms with van der Waals surface area (Å²) in [4.78, 5) is 21.3. The van der Waals surface area contributed by atoms with Gasteiger partial charge < -0.3 is 24.4 Å². The fourth-order valence-corrected chi connectivity index (χ4v) is 4.25. The van der Waals surface area contributed by atoms with E-state index >= 15 is 0 Å². The minimum atomic E-state index is -0.415. The molecule has 2 unspecified atom stereocenters. The largest absolute Gasteiger partial charge is 0.484 e. The third-order valence-electron chi connectivity index (χ3n) is 6.13. The van der Waals surface area contributed by atoms with Crippen LogP contribution in [0.1, 0.15) is 36.8 Å². The molecule has 31 heavy (non-hydrogen) atoms. The summed E-state index contributed by atoms with van der Waals surface area (Å²) in [5, 5.41) is 9.62. The molecular formula is C24H35N3O4. The lowest BCUT2D eigenvalue weighted by molar-refractivity contribution is 0.0110. The van der Waals surface area contributed by atoms with Gasteiger partial charge in [0, 0.05) is 38.2 Å². The first-order valence-corrected chi connectivity index (χ1v) is 11.0. The van der Waals surface area contributed by atoms with Gasteiger partial charge in [0.25, 0.3) is 0 Å². The van der Waals surface area contributed by atoms with Crippen molar-refractivity contribution in [2.24, 2.45) is 10.9 Å². The van der Waals surface area contributed by atoms with Gasteiger partial charge in [-0.2, -0.15) is 0 Å². The third kappa shape index (κ3) is 5.86. The molecule has 1 aromatic carbocycles. The Labute approximate surface area is 185 Å². The number of hydrogen-bond donors (Lipinski definition) is 1. The van der Waals surface area contributed by atoms with Crippen molar-refractivity contribution in [1.29, 1.82) is 0 Å². The van der Waals surface area contributed by atoms with Gasteiger partial charge in [-0.1, -0.05) is 37.8 Å². The van der Waals surface area contributed by atoms with Crippen LogP contribution in [0.3, 0.4) is 0 Å². The van der Waals surface area contributed by atoms with Crippen LogP contribution in [0.5, 0.6) is 0 Å². The minimum Gasteiger partial charge on any atom is -0.484 e. The summed E-state index contributed by atoms with van der Waals surface area (Å²) in [5.74, 6) is 0.772. The van der Waals surface area contributed by atoms with Crippen molar-refractivity contribution < 1.29 is 19.4 Å². The molecule has 2 atom stereocenters. The number of benzene rings is 1. The Morgan fingerprint density at radius 2 is 1.84 bits per heavy atom. The maximum atomic E-state index is 13.0. The van der Waals surface area contributed by atoms with E-state index in [0.717, 1.165) is 12.8 Å². The zero-order valence-electron chi connectivity index (χ0n) is 18.9. The summed E-state index contributed by atoms with van der Waals surface area (Å²) >= 11 is 0. The highest BCUT2D eigenvalue weighted by atomic mass is 16.5. The van der Waals surface area contributed by atoms with Crippen molar-refractivity contribution in [2.45, 2.75) is 38.2 Å². The van der Waals surface area contributed by atoms with Crippen LogP contribution in [-0.2, 0) is 15.9 Å². The van der Waals surface area contributed by atoms with Gasteiger partial charge in [-0.05, 0) is 24.0 Å². The van der Waals surface area contributed by atoms with Gasteiger partial charge in [-0.3, -0.25) is 0 Å².